The minimum Gasteiger partial charge on any atom is -0.363 e. The maximum atomic E-state index is 9.25. The summed E-state index contributed by atoms with van der Waals surface area (Å²) in [6.07, 6.45) is 2.63. The molecule has 3 heteroatoms. The molecule has 1 atom stereocenters. The van der Waals surface area contributed by atoms with Crippen molar-refractivity contribution in [2.75, 3.05) is 0 Å². The van der Waals surface area contributed by atoms with Crippen molar-refractivity contribution in [3.63, 3.8) is 0 Å². The van der Waals surface area contributed by atoms with Crippen LogP contribution in [0.4, 0.5) is 0 Å². The van der Waals surface area contributed by atoms with Gasteiger partial charge in [-0.15, -0.1) is 0 Å². The topological polar surface area (TPSA) is 50.8 Å². The van der Waals surface area contributed by atoms with E-state index in [1.807, 2.05) is 61.5 Å². The monoisotopic (exact) mass is 325 g/mol. The van der Waals surface area contributed by atoms with E-state index >= 15 is 0 Å². The van der Waals surface area contributed by atoms with E-state index in [9.17, 15) is 10.5 Å². The van der Waals surface area contributed by atoms with E-state index < -0.39 is 0 Å². The van der Waals surface area contributed by atoms with Crippen LogP contribution >= 0.6 is 0 Å². The molecule has 0 fully saturated rings. The largest absolute Gasteiger partial charge is 0.363 e. The van der Waals surface area contributed by atoms with Gasteiger partial charge in [-0.25, -0.2) is 0 Å². The second kappa shape index (κ2) is 7.51. The van der Waals surface area contributed by atoms with Crippen LogP contribution in [-0.4, -0.2) is 4.90 Å². The Labute approximate surface area is 148 Å². The van der Waals surface area contributed by atoms with Crippen LogP contribution in [0.25, 0.3) is 0 Å². The molecule has 0 spiro atoms. The highest BCUT2D eigenvalue weighted by molar-refractivity contribution is 5.47. The molecule has 2 aromatic rings. The Bertz CT molecular complexity index is 864. The predicted molar refractivity (Wildman–Crippen MR) is 97.8 cm³/mol. The third-order valence-electron chi connectivity index (χ3n) is 4.55. The first-order chi connectivity index (χ1) is 12.2. The maximum absolute atomic E-state index is 9.25. The van der Waals surface area contributed by atoms with E-state index in [1.165, 1.54) is 11.1 Å². The molecule has 25 heavy (non-hydrogen) atoms. The molecular weight excluding hydrogens is 306 g/mol. The molecule has 0 bridgehead atoms. The van der Waals surface area contributed by atoms with Crippen molar-refractivity contribution >= 4 is 0 Å². The van der Waals surface area contributed by atoms with Crippen LogP contribution in [0.1, 0.15) is 30.5 Å². The Morgan fingerprint density at radius 1 is 1.00 bits per heavy atom. The van der Waals surface area contributed by atoms with Crippen molar-refractivity contribution in [3.05, 3.63) is 94.7 Å². The third-order valence-corrected chi connectivity index (χ3v) is 4.55. The number of nitriles is 2. The molecule has 0 radical (unpaired) electrons. The molecule has 1 unspecified atom stereocenters. The number of allylic oxidation sites excluding steroid dienone is 3. The van der Waals surface area contributed by atoms with E-state index in [0.717, 1.165) is 17.8 Å². The number of hydrogen-bond acceptors (Lipinski definition) is 3. The van der Waals surface area contributed by atoms with Gasteiger partial charge in [-0.1, -0.05) is 60.7 Å². The van der Waals surface area contributed by atoms with Crippen LogP contribution in [-0.2, 0) is 6.54 Å². The molecule has 0 aromatic heterocycles. The Hall–Kier alpha value is -3.30. The van der Waals surface area contributed by atoms with E-state index in [4.69, 9.17) is 0 Å². The van der Waals surface area contributed by atoms with Gasteiger partial charge in [0.25, 0.3) is 0 Å². The van der Waals surface area contributed by atoms with Gasteiger partial charge < -0.3 is 4.90 Å². The molecule has 0 saturated heterocycles. The average molecular weight is 325 g/mol. The highest BCUT2D eigenvalue weighted by Gasteiger charge is 2.27. The quantitative estimate of drug-likeness (QED) is 0.756. The summed E-state index contributed by atoms with van der Waals surface area (Å²) in [5.74, 6) is 0. The van der Waals surface area contributed by atoms with Gasteiger partial charge in [-0.3, -0.25) is 0 Å². The molecule has 122 valence electrons. The zero-order chi connectivity index (χ0) is 17.6. The van der Waals surface area contributed by atoms with Crippen LogP contribution in [0.5, 0.6) is 0 Å². The summed E-state index contributed by atoms with van der Waals surface area (Å²) >= 11 is 0. The SMILES string of the molecule is CC1=CC(=C(C#N)C#N)CC(c2ccccc2)N1Cc1ccccc1. The molecular formula is C22H19N3. The zero-order valence-electron chi connectivity index (χ0n) is 14.2. The fourth-order valence-corrected chi connectivity index (χ4v) is 3.29. The summed E-state index contributed by atoms with van der Waals surface area (Å²) in [6, 6.07) is 24.8. The molecule has 3 rings (SSSR count). The molecule has 0 N–H and O–H groups in total. The summed E-state index contributed by atoms with van der Waals surface area (Å²) in [6.45, 7) is 2.84. The summed E-state index contributed by atoms with van der Waals surface area (Å²) < 4.78 is 0. The summed E-state index contributed by atoms with van der Waals surface area (Å²) in [4.78, 5) is 2.35. The second-order valence-corrected chi connectivity index (χ2v) is 6.15. The average Bonchev–Trinajstić information content (AvgIpc) is 2.66. The van der Waals surface area contributed by atoms with Crippen LogP contribution in [0, 0.1) is 22.7 Å². The van der Waals surface area contributed by atoms with Gasteiger partial charge >= 0.3 is 0 Å². The van der Waals surface area contributed by atoms with Gasteiger partial charge in [0.05, 0.1) is 6.04 Å². The number of benzene rings is 2. The molecule has 0 amide bonds. The van der Waals surface area contributed by atoms with E-state index in [0.29, 0.717) is 6.42 Å². The van der Waals surface area contributed by atoms with Crippen molar-refractivity contribution in [2.24, 2.45) is 0 Å². The van der Waals surface area contributed by atoms with Crippen molar-refractivity contribution in [1.82, 2.24) is 4.90 Å². The van der Waals surface area contributed by atoms with Crippen molar-refractivity contribution < 1.29 is 0 Å². The van der Waals surface area contributed by atoms with Gasteiger partial charge in [0.1, 0.15) is 17.7 Å². The molecule has 1 aliphatic rings. The van der Waals surface area contributed by atoms with Gasteiger partial charge in [-0.05, 0) is 36.1 Å². The molecule has 0 saturated carbocycles. The maximum Gasteiger partial charge on any atom is 0.133 e. The first-order valence-corrected chi connectivity index (χ1v) is 8.30. The molecule has 3 nitrogen and oxygen atoms in total. The standard InChI is InChI=1S/C22H19N3/c1-17-12-20(21(14-23)15-24)13-22(19-10-6-3-7-11-19)25(17)16-18-8-4-2-5-9-18/h2-12,22H,13,16H2,1H3. The first kappa shape index (κ1) is 16.6. The predicted octanol–water partition coefficient (Wildman–Crippen LogP) is 4.88. The van der Waals surface area contributed by atoms with Crippen LogP contribution in [0.2, 0.25) is 0 Å². The minimum absolute atomic E-state index is 0.109. The normalized spacial score (nSPS) is 16.6. The Morgan fingerprint density at radius 2 is 1.60 bits per heavy atom. The minimum atomic E-state index is 0.109. The van der Waals surface area contributed by atoms with Crippen LogP contribution in [0.3, 0.4) is 0 Å². The van der Waals surface area contributed by atoms with Gasteiger partial charge in [0.15, 0.2) is 0 Å². The number of rotatable bonds is 3. The molecule has 0 aliphatic carbocycles. The van der Waals surface area contributed by atoms with Gasteiger partial charge in [0, 0.05) is 12.2 Å². The smallest absolute Gasteiger partial charge is 0.133 e. The Balaban J connectivity index is 2.04. The lowest BCUT2D eigenvalue weighted by atomic mass is 9.90. The molecule has 2 aromatic carbocycles. The highest BCUT2D eigenvalue weighted by atomic mass is 15.2. The Morgan fingerprint density at radius 3 is 2.20 bits per heavy atom. The molecule has 1 aliphatic heterocycles. The lowest BCUT2D eigenvalue weighted by Crippen LogP contribution is -2.30. The van der Waals surface area contributed by atoms with Crippen LogP contribution < -0.4 is 0 Å². The highest BCUT2D eigenvalue weighted by Crippen LogP contribution is 2.37. The second-order valence-electron chi connectivity index (χ2n) is 6.15. The third kappa shape index (κ3) is 3.62. The van der Waals surface area contributed by atoms with Crippen LogP contribution in [0.15, 0.2) is 83.6 Å². The van der Waals surface area contributed by atoms with E-state index in [2.05, 4.69) is 29.2 Å². The van der Waals surface area contributed by atoms with E-state index in [1.54, 1.807) is 0 Å². The number of nitrogens with zero attached hydrogens (tertiary/aromatic N) is 3. The number of hydrogen-bond donors (Lipinski definition) is 0. The molecule has 1 heterocycles. The summed E-state index contributed by atoms with van der Waals surface area (Å²) in [5.41, 5.74) is 4.53. The van der Waals surface area contributed by atoms with Crippen molar-refractivity contribution in [3.8, 4) is 12.1 Å². The van der Waals surface area contributed by atoms with Crippen molar-refractivity contribution in [2.45, 2.75) is 25.9 Å². The Kier molecular flexibility index (Phi) is 4.97. The fraction of sp³-hybridized carbons (Fsp3) is 0.182. The lowest BCUT2D eigenvalue weighted by Gasteiger charge is -2.38. The summed E-state index contributed by atoms with van der Waals surface area (Å²) in [7, 11) is 0. The lowest BCUT2D eigenvalue weighted by molar-refractivity contribution is 0.236. The fourth-order valence-electron chi connectivity index (χ4n) is 3.29. The van der Waals surface area contributed by atoms with Gasteiger partial charge in [0.2, 0.25) is 0 Å². The first-order valence-electron chi connectivity index (χ1n) is 8.30. The zero-order valence-corrected chi connectivity index (χ0v) is 14.2. The van der Waals surface area contributed by atoms with Gasteiger partial charge in [-0.2, -0.15) is 10.5 Å². The van der Waals surface area contributed by atoms with E-state index in [-0.39, 0.29) is 11.6 Å². The van der Waals surface area contributed by atoms with Crippen molar-refractivity contribution in [1.29, 1.82) is 10.5 Å². The summed E-state index contributed by atoms with van der Waals surface area (Å²) in [5, 5.41) is 18.5.